The van der Waals surface area contributed by atoms with E-state index in [1.165, 1.54) is 11.6 Å². The fourth-order valence-electron chi connectivity index (χ4n) is 1.51. The molecule has 2 aromatic rings. The average Bonchev–Trinajstić information content (AvgIpc) is 2.30. The number of anilines is 1. The Balaban J connectivity index is 2.04. The number of nitrogens with two attached hydrogens (primary N) is 1. The van der Waals surface area contributed by atoms with Gasteiger partial charge in [-0.2, -0.15) is 0 Å². The first-order valence-corrected chi connectivity index (χ1v) is 5.42. The molecule has 0 amide bonds. The summed E-state index contributed by atoms with van der Waals surface area (Å²) in [6, 6.07) is 12.7. The van der Waals surface area contributed by atoms with Gasteiger partial charge in [0.2, 0.25) is 0 Å². The van der Waals surface area contributed by atoms with E-state index in [4.69, 9.17) is 10.5 Å². The average molecular weight is 229 g/mol. The van der Waals surface area contributed by atoms with E-state index in [-0.39, 0.29) is 5.75 Å². The van der Waals surface area contributed by atoms with Crippen molar-refractivity contribution >= 4 is 5.69 Å². The second-order valence-electron chi connectivity index (χ2n) is 3.98. The third-order valence-electron chi connectivity index (χ3n) is 2.54. The van der Waals surface area contributed by atoms with Gasteiger partial charge in [0, 0.05) is 17.3 Å². The third kappa shape index (κ3) is 2.91. The summed E-state index contributed by atoms with van der Waals surface area (Å²) in [5.74, 6) is 0.977. The number of phenols is 1. The number of hydrogen-bond donors (Lipinski definition) is 2. The van der Waals surface area contributed by atoms with E-state index in [1.807, 2.05) is 31.2 Å². The van der Waals surface area contributed by atoms with Gasteiger partial charge in [0.15, 0.2) is 0 Å². The van der Waals surface area contributed by atoms with Gasteiger partial charge in [-0.05, 0) is 31.2 Å². The highest BCUT2D eigenvalue weighted by Gasteiger charge is 2.01. The van der Waals surface area contributed by atoms with Gasteiger partial charge in [0.05, 0.1) is 0 Å². The lowest BCUT2D eigenvalue weighted by atomic mass is 10.2. The Bertz CT molecular complexity index is 506. The fourth-order valence-corrected chi connectivity index (χ4v) is 1.51. The SMILES string of the molecule is Cc1ccc(OCc2ccc(O)cc2N)cc1. The van der Waals surface area contributed by atoms with Crippen LogP contribution in [0.25, 0.3) is 0 Å². The lowest BCUT2D eigenvalue weighted by Gasteiger charge is -2.09. The quantitative estimate of drug-likeness (QED) is 0.796. The molecule has 0 aliphatic rings. The van der Waals surface area contributed by atoms with Crippen molar-refractivity contribution in [1.29, 1.82) is 0 Å². The largest absolute Gasteiger partial charge is 0.508 e. The summed E-state index contributed by atoms with van der Waals surface area (Å²) in [5, 5.41) is 9.23. The number of aryl methyl sites for hydroxylation is 1. The lowest BCUT2D eigenvalue weighted by Crippen LogP contribution is -1.99. The van der Waals surface area contributed by atoms with E-state index >= 15 is 0 Å². The summed E-state index contributed by atoms with van der Waals surface area (Å²) < 4.78 is 5.61. The molecule has 0 saturated carbocycles. The highest BCUT2D eigenvalue weighted by Crippen LogP contribution is 2.20. The predicted octanol–water partition coefficient (Wildman–Crippen LogP) is 2.86. The molecule has 2 aromatic carbocycles. The second-order valence-corrected chi connectivity index (χ2v) is 3.98. The van der Waals surface area contributed by atoms with E-state index in [0.717, 1.165) is 11.3 Å². The predicted molar refractivity (Wildman–Crippen MR) is 68.0 cm³/mol. The molecule has 3 N–H and O–H groups in total. The van der Waals surface area contributed by atoms with Gasteiger partial charge in [-0.15, -0.1) is 0 Å². The molecule has 0 spiro atoms. The van der Waals surface area contributed by atoms with Crippen LogP contribution in [-0.4, -0.2) is 5.11 Å². The van der Waals surface area contributed by atoms with Crippen molar-refractivity contribution < 1.29 is 9.84 Å². The van der Waals surface area contributed by atoms with Crippen molar-refractivity contribution in [2.45, 2.75) is 13.5 Å². The van der Waals surface area contributed by atoms with Crippen LogP contribution in [0.1, 0.15) is 11.1 Å². The minimum Gasteiger partial charge on any atom is -0.508 e. The Morgan fingerprint density at radius 2 is 1.82 bits per heavy atom. The number of rotatable bonds is 3. The van der Waals surface area contributed by atoms with Crippen molar-refractivity contribution in [3.8, 4) is 11.5 Å². The van der Waals surface area contributed by atoms with Crippen LogP contribution in [-0.2, 0) is 6.61 Å². The molecule has 0 saturated heterocycles. The van der Waals surface area contributed by atoms with Crippen molar-refractivity contribution in [3.63, 3.8) is 0 Å². The number of phenolic OH excluding ortho intramolecular Hbond substituents is 1. The van der Waals surface area contributed by atoms with Crippen molar-refractivity contribution in [2.24, 2.45) is 0 Å². The minimum absolute atomic E-state index is 0.168. The van der Waals surface area contributed by atoms with Crippen molar-refractivity contribution in [2.75, 3.05) is 5.73 Å². The fraction of sp³-hybridized carbons (Fsp3) is 0.143. The maximum absolute atomic E-state index is 9.23. The molecule has 0 aliphatic heterocycles. The van der Waals surface area contributed by atoms with Gasteiger partial charge in [-0.3, -0.25) is 0 Å². The number of hydrogen-bond acceptors (Lipinski definition) is 3. The minimum atomic E-state index is 0.168. The number of aromatic hydroxyl groups is 1. The normalized spacial score (nSPS) is 10.2. The van der Waals surface area contributed by atoms with Gasteiger partial charge in [0.25, 0.3) is 0 Å². The standard InChI is InChI=1S/C14H15NO2/c1-10-2-6-13(7-3-10)17-9-11-4-5-12(16)8-14(11)15/h2-8,16H,9,15H2,1H3. The van der Waals surface area contributed by atoms with Crippen LogP contribution in [0.3, 0.4) is 0 Å². The monoisotopic (exact) mass is 229 g/mol. The summed E-state index contributed by atoms with van der Waals surface area (Å²) >= 11 is 0. The number of nitrogen functional groups attached to an aromatic ring is 1. The highest BCUT2D eigenvalue weighted by molar-refractivity contribution is 5.50. The summed E-state index contributed by atoms with van der Waals surface area (Å²) in [7, 11) is 0. The van der Waals surface area contributed by atoms with Crippen LogP contribution in [0.2, 0.25) is 0 Å². The molecule has 0 fully saturated rings. The summed E-state index contributed by atoms with van der Waals surface area (Å²) in [6.45, 7) is 2.43. The van der Waals surface area contributed by atoms with Crippen LogP contribution in [0.15, 0.2) is 42.5 Å². The van der Waals surface area contributed by atoms with Crippen LogP contribution in [0.4, 0.5) is 5.69 Å². The summed E-state index contributed by atoms with van der Waals surface area (Å²) in [5.41, 5.74) is 8.37. The van der Waals surface area contributed by atoms with Gasteiger partial charge in [0.1, 0.15) is 18.1 Å². The van der Waals surface area contributed by atoms with Crippen molar-refractivity contribution in [1.82, 2.24) is 0 Å². The molecular formula is C14H15NO2. The number of ether oxygens (including phenoxy) is 1. The Morgan fingerprint density at radius 3 is 2.47 bits per heavy atom. The smallest absolute Gasteiger partial charge is 0.119 e. The molecule has 3 heteroatoms. The first-order valence-electron chi connectivity index (χ1n) is 5.42. The van der Waals surface area contributed by atoms with Crippen LogP contribution in [0.5, 0.6) is 11.5 Å². The van der Waals surface area contributed by atoms with E-state index in [1.54, 1.807) is 12.1 Å². The molecule has 0 unspecified atom stereocenters. The molecule has 0 aliphatic carbocycles. The molecule has 0 atom stereocenters. The van der Waals surface area contributed by atoms with E-state index in [0.29, 0.717) is 12.3 Å². The molecule has 0 radical (unpaired) electrons. The molecule has 0 aromatic heterocycles. The zero-order valence-electron chi connectivity index (χ0n) is 9.68. The molecule has 3 nitrogen and oxygen atoms in total. The third-order valence-corrected chi connectivity index (χ3v) is 2.54. The molecule has 2 rings (SSSR count). The zero-order valence-corrected chi connectivity index (χ0v) is 9.68. The van der Waals surface area contributed by atoms with E-state index < -0.39 is 0 Å². The molecular weight excluding hydrogens is 214 g/mol. The maximum Gasteiger partial charge on any atom is 0.119 e. The molecule has 0 bridgehead atoms. The molecule has 88 valence electrons. The van der Waals surface area contributed by atoms with Crippen molar-refractivity contribution in [3.05, 3.63) is 53.6 Å². The Morgan fingerprint density at radius 1 is 1.12 bits per heavy atom. The summed E-state index contributed by atoms with van der Waals surface area (Å²) in [6.07, 6.45) is 0. The lowest BCUT2D eigenvalue weighted by molar-refractivity contribution is 0.306. The van der Waals surface area contributed by atoms with Crippen LogP contribution >= 0.6 is 0 Å². The van der Waals surface area contributed by atoms with Gasteiger partial charge < -0.3 is 15.6 Å². The highest BCUT2D eigenvalue weighted by atomic mass is 16.5. The Hall–Kier alpha value is -2.16. The Kier molecular flexibility index (Phi) is 3.19. The summed E-state index contributed by atoms with van der Waals surface area (Å²) in [4.78, 5) is 0. The van der Waals surface area contributed by atoms with Gasteiger partial charge in [-0.1, -0.05) is 17.7 Å². The van der Waals surface area contributed by atoms with Crippen LogP contribution in [0, 0.1) is 6.92 Å². The topological polar surface area (TPSA) is 55.5 Å². The van der Waals surface area contributed by atoms with Gasteiger partial charge in [-0.25, -0.2) is 0 Å². The molecule has 0 heterocycles. The second kappa shape index (κ2) is 4.78. The van der Waals surface area contributed by atoms with Gasteiger partial charge >= 0.3 is 0 Å². The van der Waals surface area contributed by atoms with Crippen LogP contribution < -0.4 is 10.5 Å². The maximum atomic E-state index is 9.23. The first kappa shape index (κ1) is 11.3. The Labute approximate surface area is 100 Å². The first-order chi connectivity index (χ1) is 8.15. The van der Waals surface area contributed by atoms with E-state index in [2.05, 4.69) is 0 Å². The zero-order chi connectivity index (χ0) is 12.3. The number of benzene rings is 2. The van der Waals surface area contributed by atoms with E-state index in [9.17, 15) is 5.11 Å². The molecule has 17 heavy (non-hydrogen) atoms.